The molecule has 2 heterocycles. The number of thiazole rings is 1. The molecule has 7 nitrogen and oxygen atoms in total. The van der Waals surface area contributed by atoms with Gasteiger partial charge in [0.15, 0.2) is 0 Å². The number of amides is 1. The molecule has 0 bridgehead atoms. The lowest BCUT2D eigenvalue weighted by Gasteiger charge is -2.34. The molecule has 0 atom stereocenters. The first kappa shape index (κ1) is 20.8. The van der Waals surface area contributed by atoms with Crippen LogP contribution < -0.4 is 4.87 Å². The van der Waals surface area contributed by atoms with Crippen LogP contribution in [-0.4, -0.2) is 54.3 Å². The van der Waals surface area contributed by atoms with Crippen LogP contribution in [0.25, 0.3) is 0 Å². The van der Waals surface area contributed by atoms with Gasteiger partial charge in [-0.05, 0) is 44.0 Å². The Morgan fingerprint density at radius 1 is 1.07 bits per heavy atom. The minimum absolute atomic E-state index is 0.0549. The van der Waals surface area contributed by atoms with Gasteiger partial charge in [-0.25, -0.2) is 8.42 Å². The Bertz CT molecular complexity index is 1030. The van der Waals surface area contributed by atoms with E-state index in [1.54, 1.807) is 27.0 Å². The van der Waals surface area contributed by atoms with Crippen LogP contribution in [0, 0.1) is 20.8 Å². The highest BCUT2D eigenvalue weighted by atomic mass is 32.2. The van der Waals surface area contributed by atoms with Crippen molar-refractivity contribution in [3.8, 4) is 0 Å². The fourth-order valence-corrected chi connectivity index (χ4v) is 5.51. The Labute approximate surface area is 169 Å². The first-order chi connectivity index (χ1) is 13.2. The number of carbonyl (C=O) groups excluding carboxylic acids is 1. The van der Waals surface area contributed by atoms with E-state index in [-0.39, 0.29) is 30.3 Å². The van der Waals surface area contributed by atoms with E-state index >= 15 is 0 Å². The Morgan fingerprint density at radius 3 is 2.32 bits per heavy atom. The molecule has 1 aromatic heterocycles. The number of nitrogens with zero attached hydrogens (tertiary/aromatic N) is 3. The van der Waals surface area contributed by atoms with Crippen LogP contribution in [0.2, 0.25) is 0 Å². The Hall–Kier alpha value is -1.97. The molecular weight excluding hydrogens is 398 g/mol. The Kier molecular flexibility index (Phi) is 6.07. The number of sulfonamides is 1. The lowest BCUT2D eigenvalue weighted by molar-refractivity contribution is -0.132. The molecule has 9 heteroatoms. The van der Waals surface area contributed by atoms with Gasteiger partial charge in [0.2, 0.25) is 15.9 Å². The summed E-state index contributed by atoms with van der Waals surface area (Å²) in [6, 6.07) is 5.15. The first-order valence-electron chi connectivity index (χ1n) is 9.20. The predicted octanol–water partition coefficient (Wildman–Crippen LogP) is 1.76. The van der Waals surface area contributed by atoms with Crippen LogP contribution in [0.4, 0.5) is 0 Å². The number of benzene rings is 1. The van der Waals surface area contributed by atoms with Crippen LogP contribution in [0.1, 0.15) is 23.2 Å². The van der Waals surface area contributed by atoms with E-state index in [0.29, 0.717) is 24.5 Å². The van der Waals surface area contributed by atoms with Crippen molar-refractivity contribution in [1.82, 2.24) is 13.8 Å². The number of carbonyl (C=O) groups is 1. The van der Waals surface area contributed by atoms with E-state index in [9.17, 15) is 18.0 Å². The zero-order chi connectivity index (χ0) is 20.5. The van der Waals surface area contributed by atoms with Crippen molar-refractivity contribution >= 4 is 27.3 Å². The second-order valence-electron chi connectivity index (χ2n) is 7.08. The van der Waals surface area contributed by atoms with Crippen molar-refractivity contribution in [1.29, 1.82) is 0 Å². The van der Waals surface area contributed by atoms with Gasteiger partial charge in [0, 0.05) is 50.2 Å². The second-order valence-corrected chi connectivity index (χ2v) is 9.83. The fraction of sp³-hybridized carbons (Fsp3) is 0.474. The Morgan fingerprint density at radius 2 is 1.75 bits per heavy atom. The van der Waals surface area contributed by atoms with Crippen LogP contribution in [0.5, 0.6) is 0 Å². The van der Waals surface area contributed by atoms with Gasteiger partial charge in [-0.15, -0.1) is 0 Å². The molecule has 1 aromatic carbocycles. The monoisotopic (exact) mass is 423 g/mol. The molecule has 152 valence electrons. The molecule has 1 fully saturated rings. The standard InChI is InChI=1S/C19H25N3O4S2/c1-14-4-5-17(12-15(14)2)28(25,26)21-10-8-20(9-11-21)18(23)6-7-22-16(3)13-27-19(22)24/h4-5,12-13H,6-11H2,1-3H3. The third kappa shape index (κ3) is 4.21. The maximum atomic E-state index is 12.9. The second kappa shape index (κ2) is 8.18. The molecule has 0 saturated carbocycles. The highest BCUT2D eigenvalue weighted by Gasteiger charge is 2.30. The third-order valence-corrected chi connectivity index (χ3v) is 8.01. The molecule has 3 rings (SSSR count). The summed E-state index contributed by atoms with van der Waals surface area (Å²) in [7, 11) is -3.56. The lowest BCUT2D eigenvalue weighted by atomic mass is 10.1. The zero-order valence-electron chi connectivity index (χ0n) is 16.3. The molecule has 0 unspecified atom stereocenters. The predicted molar refractivity (Wildman–Crippen MR) is 109 cm³/mol. The van der Waals surface area contributed by atoms with Gasteiger partial charge in [-0.1, -0.05) is 17.4 Å². The minimum atomic E-state index is -3.56. The highest BCUT2D eigenvalue weighted by Crippen LogP contribution is 2.20. The van der Waals surface area contributed by atoms with E-state index < -0.39 is 10.0 Å². The molecule has 0 radical (unpaired) electrons. The molecule has 2 aromatic rings. The molecule has 1 saturated heterocycles. The average molecular weight is 424 g/mol. The number of aromatic nitrogens is 1. The minimum Gasteiger partial charge on any atom is -0.340 e. The summed E-state index contributed by atoms with van der Waals surface area (Å²) in [5.41, 5.74) is 2.84. The lowest BCUT2D eigenvalue weighted by Crippen LogP contribution is -2.50. The first-order valence-corrected chi connectivity index (χ1v) is 11.5. The van der Waals surface area contributed by atoms with Gasteiger partial charge in [0.1, 0.15) is 0 Å². The number of piperazine rings is 1. The van der Waals surface area contributed by atoms with Crippen molar-refractivity contribution < 1.29 is 13.2 Å². The van der Waals surface area contributed by atoms with E-state index in [1.165, 1.54) is 4.31 Å². The van der Waals surface area contributed by atoms with Crippen LogP contribution in [-0.2, 0) is 21.4 Å². The van der Waals surface area contributed by atoms with Gasteiger partial charge >= 0.3 is 4.87 Å². The number of rotatable bonds is 5. The summed E-state index contributed by atoms with van der Waals surface area (Å²) in [6.45, 7) is 7.32. The molecular formula is C19H25N3O4S2. The van der Waals surface area contributed by atoms with E-state index in [1.807, 2.05) is 26.8 Å². The van der Waals surface area contributed by atoms with Crippen LogP contribution in [0.15, 0.2) is 33.3 Å². The van der Waals surface area contributed by atoms with E-state index in [2.05, 4.69) is 0 Å². The van der Waals surface area contributed by atoms with Gasteiger partial charge < -0.3 is 9.47 Å². The maximum absolute atomic E-state index is 12.9. The summed E-state index contributed by atoms with van der Waals surface area (Å²) in [6.07, 6.45) is 0.237. The molecule has 1 aliphatic rings. The SMILES string of the molecule is Cc1ccc(S(=O)(=O)N2CCN(C(=O)CCn3c(C)csc3=O)CC2)cc1C. The molecule has 1 aliphatic heterocycles. The smallest absolute Gasteiger partial charge is 0.307 e. The zero-order valence-corrected chi connectivity index (χ0v) is 18.0. The largest absolute Gasteiger partial charge is 0.340 e. The van der Waals surface area contributed by atoms with Crippen molar-refractivity contribution in [2.24, 2.45) is 0 Å². The van der Waals surface area contributed by atoms with Crippen molar-refractivity contribution in [3.05, 3.63) is 50.1 Å². The van der Waals surface area contributed by atoms with Gasteiger partial charge in [-0.2, -0.15) is 4.31 Å². The summed E-state index contributed by atoms with van der Waals surface area (Å²) in [5, 5.41) is 1.78. The molecule has 1 amide bonds. The highest BCUT2D eigenvalue weighted by molar-refractivity contribution is 7.89. The molecule has 0 aliphatic carbocycles. The Balaban J connectivity index is 1.59. The van der Waals surface area contributed by atoms with Crippen LogP contribution >= 0.6 is 11.3 Å². The van der Waals surface area contributed by atoms with Gasteiger partial charge in [0.25, 0.3) is 0 Å². The average Bonchev–Trinajstić information content (AvgIpc) is 2.99. The summed E-state index contributed by atoms with van der Waals surface area (Å²) in [5.74, 6) is -0.0549. The fourth-order valence-electron chi connectivity index (χ4n) is 3.24. The van der Waals surface area contributed by atoms with Crippen molar-refractivity contribution in [2.75, 3.05) is 26.2 Å². The topological polar surface area (TPSA) is 79.7 Å². The molecule has 0 spiro atoms. The van der Waals surface area contributed by atoms with Crippen molar-refractivity contribution in [2.45, 2.75) is 38.6 Å². The normalized spacial score (nSPS) is 15.8. The maximum Gasteiger partial charge on any atom is 0.307 e. The number of hydrogen-bond donors (Lipinski definition) is 0. The third-order valence-electron chi connectivity index (χ3n) is 5.23. The van der Waals surface area contributed by atoms with E-state index in [4.69, 9.17) is 0 Å². The van der Waals surface area contributed by atoms with E-state index in [0.717, 1.165) is 28.2 Å². The quantitative estimate of drug-likeness (QED) is 0.734. The molecule has 28 heavy (non-hydrogen) atoms. The number of aryl methyl sites for hydroxylation is 3. The molecule has 0 N–H and O–H groups in total. The summed E-state index contributed by atoms with van der Waals surface area (Å²) >= 11 is 1.13. The van der Waals surface area contributed by atoms with Gasteiger partial charge in [-0.3, -0.25) is 9.59 Å². The van der Waals surface area contributed by atoms with Crippen molar-refractivity contribution in [3.63, 3.8) is 0 Å². The van der Waals surface area contributed by atoms with Crippen LogP contribution in [0.3, 0.4) is 0 Å². The summed E-state index contributed by atoms with van der Waals surface area (Å²) < 4.78 is 28.8. The summed E-state index contributed by atoms with van der Waals surface area (Å²) in [4.78, 5) is 26.1. The number of hydrogen-bond acceptors (Lipinski definition) is 5. The van der Waals surface area contributed by atoms with Gasteiger partial charge in [0.05, 0.1) is 4.90 Å².